The Morgan fingerprint density at radius 3 is 2.54 bits per heavy atom. The van der Waals surface area contributed by atoms with E-state index in [0.717, 1.165) is 49.3 Å². The van der Waals surface area contributed by atoms with Crippen LogP contribution < -0.4 is 21.7 Å². The van der Waals surface area contributed by atoms with Crippen molar-refractivity contribution in [2.24, 2.45) is 0 Å². The number of morpholine rings is 1. The Bertz CT molecular complexity index is 614. The largest absolute Gasteiger partial charge is 1.00 e. The van der Waals surface area contributed by atoms with Crippen LogP contribution in [0.3, 0.4) is 0 Å². The van der Waals surface area contributed by atoms with Gasteiger partial charge in [-0.15, -0.1) is 0 Å². The lowest BCUT2D eigenvalue weighted by molar-refractivity contribution is -0.883. The summed E-state index contributed by atoms with van der Waals surface area (Å²) in [6.45, 7) is 11.5. The lowest BCUT2D eigenvalue weighted by atomic mass is 10.0. The zero-order valence-electron chi connectivity index (χ0n) is 18.2. The number of hydrogen-bond acceptors (Lipinski definition) is 3. The van der Waals surface area contributed by atoms with Crippen LogP contribution in [0.1, 0.15) is 43.7 Å². The van der Waals surface area contributed by atoms with Gasteiger partial charge in [0.1, 0.15) is 5.75 Å². The number of hydrogen-bond donors (Lipinski definition) is 0. The summed E-state index contributed by atoms with van der Waals surface area (Å²) in [4.78, 5) is 14.4. The van der Waals surface area contributed by atoms with E-state index in [0.29, 0.717) is 25.7 Å². The highest BCUT2D eigenvalue weighted by molar-refractivity contribution is 5.77. The van der Waals surface area contributed by atoms with Crippen molar-refractivity contribution in [3.63, 3.8) is 0 Å². The van der Waals surface area contributed by atoms with Gasteiger partial charge in [-0.25, -0.2) is 0 Å². The maximum atomic E-state index is 12.5. The highest BCUT2D eigenvalue weighted by Crippen LogP contribution is 2.27. The predicted molar refractivity (Wildman–Crippen MR) is 109 cm³/mol. The fraction of sp³-hybridized carbons (Fsp3) is 0.682. The van der Waals surface area contributed by atoms with Crippen molar-refractivity contribution in [2.45, 2.75) is 39.5 Å². The molecule has 1 heterocycles. The van der Waals surface area contributed by atoms with Crippen molar-refractivity contribution in [1.29, 1.82) is 0 Å². The van der Waals surface area contributed by atoms with E-state index in [1.165, 1.54) is 11.1 Å². The van der Waals surface area contributed by atoms with Gasteiger partial charge in [0, 0.05) is 13.1 Å². The van der Waals surface area contributed by atoms with Crippen LogP contribution in [-0.4, -0.2) is 75.4 Å². The maximum Gasteiger partial charge on any atom is 0.277 e. The normalized spacial score (nSPS) is 14.7. The van der Waals surface area contributed by atoms with E-state index in [-0.39, 0.29) is 22.9 Å². The van der Waals surface area contributed by atoms with Crippen LogP contribution in [0, 0.1) is 6.92 Å². The summed E-state index contributed by atoms with van der Waals surface area (Å²) >= 11 is 0. The first-order valence-electron chi connectivity index (χ1n) is 10.2. The summed E-state index contributed by atoms with van der Waals surface area (Å²) in [6, 6.07) is 6.45. The standard InChI is InChI=1S/C22H37N2O3.BrH/c1-18(2)20-9-8-19(3)16-21(20)27-13-7-6-12-24(4,5)17-22(25)23-10-14-26-15-11-23;/h8-9,16,18H,6-7,10-15,17H2,1-5H3;1H/q+1;/p-1. The molecule has 0 radical (unpaired) electrons. The Balaban J connectivity index is 0.00000392. The van der Waals surface area contributed by atoms with Crippen molar-refractivity contribution in [3.8, 4) is 5.75 Å². The Hall–Kier alpha value is -1.11. The monoisotopic (exact) mass is 456 g/mol. The highest BCUT2D eigenvalue weighted by atomic mass is 79.9. The van der Waals surface area contributed by atoms with Gasteiger partial charge in [0.25, 0.3) is 5.91 Å². The zero-order valence-corrected chi connectivity index (χ0v) is 19.8. The van der Waals surface area contributed by atoms with E-state index in [1.54, 1.807) is 0 Å². The molecular weight excluding hydrogens is 420 g/mol. The number of benzene rings is 1. The van der Waals surface area contributed by atoms with Crippen LogP contribution in [0.25, 0.3) is 0 Å². The average Bonchev–Trinajstić information content (AvgIpc) is 2.61. The molecule has 28 heavy (non-hydrogen) atoms. The number of aryl methyl sites for hydroxylation is 1. The minimum absolute atomic E-state index is 0. The summed E-state index contributed by atoms with van der Waals surface area (Å²) in [5, 5.41) is 0. The molecule has 1 aromatic rings. The van der Waals surface area contributed by atoms with Crippen LogP contribution >= 0.6 is 0 Å². The fourth-order valence-corrected chi connectivity index (χ4v) is 3.43. The number of carbonyl (C=O) groups excluding carboxylic acids is 1. The molecule has 0 aliphatic carbocycles. The Morgan fingerprint density at radius 2 is 1.89 bits per heavy atom. The smallest absolute Gasteiger partial charge is 0.277 e. The number of likely N-dealkylation sites (N-methyl/N-ethyl adjacent to an activating group) is 1. The minimum atomic E-state index is 0. The number of unbranched alkanes of at least 4 members (excludes halogenated alkanes) is 1. The first kappa shape index (κ1) is 24.9. The number of rotatable bonds is 9. The fourth-order valence-electron chi connectivity index (χ4n) is 3.43. The summed E-state index contributed by atoms with van der Waals surface area (Å²) in [7, 11) is 4.27. The molecule has 0 spiro atoms. The number of quaternary nitrogens is 1. The van der Waals surface area contributed by atoms with E-state index < -0.39 is 0 Å². The van der Waals surface area contributed by atoms with Crippen molar-refractivity contribution < 1.29 is 35.7 Å². The molecule has 1 fully saturated rings. The molecule has 5 nitrogen and oxygen atoms in total. The zero-order chi connectivity index (χ0) is 19.9. The van der Waals surface area contributed by atoms with E-state index in [1.807, 2.05) is 4.90 Å². The topological polar surface area (TPSA) is 38.8 Å². The van der Waals surface area contributed by atoms with Gasteiger partial charge in [0.2, 0.25) is 0 Å². The molecule has 1 saturated heterocycles. The summed E-state index contributed by atoms with van der Waals surface area (Å²) in [5.74, 6) is 1.71. The number of halogens is 1. The van der Waals surface area contributed by atoms with E-state index in [4.69, 9.17) is 9.47 Å². The van der Waals surface area contributed by atoms with Crippen LogP contribution in [0.15, 0.2) is 18.2 Å². The molecule has 0 unspecified atom stereocenters. The molecule has 1 amide bonds. The minimum Gasteiger partial charge on any atom is -1.00 e. The molecule has 1 aliphatic heterocycles. The molecule has 1 aliphatic rings. The third kappa shape index (κ3) is 8.10. The summed E-state index contributed by atoms with van der Waals surface area (Å²) in [5.41, 5.74) is 2.50. The SMILES string of the molecule is Cc1ccc(C(C)C)c(OCCCC[N+](C)(C)CC(=O)N2CCOCC2)c1.[Br-]. The molecule has 1 aromatic carbocycles. The van der Waals surface area contributed by atoms with Gasteiger partial charge in [0.15, 0.2) is 6.54 Å². The van der Waals surface area contributed by atoms with Crippen molar-refractivity contribution in [1.82, 2.24) is 4.90 Å². The lowest BCUT2D eigenvalue weighted by Gasteiger charge is -2.33. The molecule has 0 atom stereocenters. The van der Waals surface area contributed by atoms with Gasteiger partial charge >= 0.3 is 0 Å². The number of carbonyl (C=O) groups is 1. The quantitative estimate of drug-likeness (QED) is 0.394. The molecule has 0 saturated carbocycles. The molecule has 0 N–H and O–H groups in total. The summed E-state index contributed by atoms with van der Waals surface area (Å²) < 4.78 is 12.1. The average molecular weight is 457 g/mol. The van der Waals surface area contributed by atoms with Gasteiger partial charge in [-0.2, -0.15) is 0 Å². The van der Waals surface area contributed by atoms with Gasteiger partial charge in [-0.3, -0.25) is 4.79 Å². The number of nitrogens with zero attached hydrogens (tertiary/aromatic N) is 2. The Kier molecular flexibility index (Phi) is 10.5. The van der Waals surface area contributed by atoms with Crippen LogP contribution in [0.2, 0.25) is 0 Å². The molecule has 2 rings (SSSR count). The number of amides is 1. The summed E-state index contributed by atoms with van der Waals surface area (Å²) in [6.07, 6.45) is 2.05. The lowest BCUT2D eigenvalue weighted by Crippen LogP contribution is -3.00. The second kappa shape index (κ2) is 11.8. The van der Waals surface area contributed by atoms with Crippen molar-refractivity contribution in [3.05, 3.63) is 29.3 Å². The first-order chi connectivity index (χ1) is 12.8. The second-order valence-electron chi connectivity index (χ2n) is 8.56. The maximum absolute atomic E-state index is 12.5. The molecule has 0 aromatic heterocycles. The third-order valence-corrected chi connectivity index (χ3v) is 5.13. The molecule has 160 valence electrons. The molecule has 6 heteroatoms. The molecule has 0 bridgehead atoms. The van der Waals surface area contributed by atoms with E-state index >= 15 is 0 Å². The molecular formula is C22H37BrN2O3. The predicted octanol–water partition coefficient (Wildman–Crippen LogP) is 0.217. The van der Waals surface area contributed by atoms with Crippen molar-refractivity contribution >= 4 is 5.91 Å². The van der Waals surface area contributed by atoms with Gasteiger partial charge in [-0.05, 0) is 42.9 Å². The van der Waals surface area contributed by atoms with Crippen LogP contribution in [-0.2, 0) is 9.53 Å². The third-order valence-electron chi connectivity index (χ3n) is 5.13. The highest BCUT2D eigenvalue weighted by Gasteiger charge is 2.25. The van der Waals surface area contributed by atoms with E-state index in [2.05, 4.69) is 53.1 Å². The first-order valence-corrected chi connectivity index (χ1v) is 10.2. The second-order valence-corrected chi connectivity index (χ2v) is 8.56. The Morgan fingerprint density at radius 1 is 1.21 bits per heavy atom. The Labute approximate surface area is 181 Å². The van der Waals surface area contributed by atoms with Gasteiger partial charge in [0.05, 0.1) is 40.5 Å². The number of ether oxygens (including phenoxy) is 2. The van der Waals surface area contributed by atoms with E-state index in [9.17, 15) is 4.79 Å². The van der Waals surface area contributed by atoms with Crippen LogP contribution in [0.5, 0.6) is 5.75 Å². The van der Waals surface area contributed by atoms with Crippen LogP contribution in [0.4, 0.5) is 0 Å². The van der Waals surface area contributed by atoms with Crippen molar-refractivity contribution in [2.75, 3.05) is 60.1 Å². The van der Waals surface area contributed by atoms with Gasteiger partial charge < -0.3 is 35.8 Å². The van der Waals surface area contributed by atoms with Gasteiger partial charge in [-0.1, -0.05) is 26.0 Å².